The Morgan fingerprint density at radius 2 is 1.65 bits per heavy atom. The van der Waals surface area contributed by atoms with Crippen LogP contribution in [0.25, 0.3) is 17.2 Å². The van der Waals surface area contributed by atoms with Gasteiger partial charge in [-0.3, -0.25) is 0 Å². The van der Waals surface area contributed by atoms with Crippen LogP contribution in [0.15, 0.2) is 72.8 Å². The fourth-order valence-corrected chi connectivity index (χ4v) is 4.18. The molecule has 0 saturated carbocycles. The minimum Gasteiger partial charge on any atom is -0.462 e. The van der Waals surface area contributed by atoms with Crippen molar-refractivity contribution in [2.75, 3.05) is 19.8 Å². The van der Waals surface area contributed by atoms with Crippen LogP contribution in [0, 0.1) is 5.82 Å². The normalized spacial score (nSPS) is 12.3. The van der Waals surface area contributed by atoms with Gasteiger partial charge in [0.15, 0.2) is 0 Å². The predicted molar refractivity (Wildman–Crippen MR) is 129 cm³/mol. The van der Waals surface area contributed by atoms with E-state index in [1.165, 1.54) is 29.3 Å². The molecule has 174 valence electrons. The zero-order valence-electron chi connectivity index (χ0n) is 18.9. The van der Waals surface area contributed by atoms with Crippen molar-refractivity contribution in [3.8, 4) is 11.1 Å². The second-order valence-corrected chi connectivity index (χ2v) is 7.90. The Balaban J connectivity index is 1.29. The number of nitrogens with one attached hydrogen (secondary N) is 1. The van der Waals surface area contributed by atoms with Crippen molar-refractivity contribution >= 4 is 18.1 Å². The zero-order valence-corrected chi connectivity index (χ0v) is 18.9. The number of halogens is 1. The van der Waals surface area contributed by atoms with E-state index in [0.717, 1.165) is 11.1 Å². The smallest absolute Gasteiger partial charge is 0.407 e. The van der Waals surface area contributed by atoms with Crippen molar-refractivity contribution in [2.24, 2.45) is 0 Å². The number of benzene rings is 3. The van der Waals surface area contributed by atoms with E-state index in [1.54, 1.807) is 19.1 Å². The Kier molecular flexibility index (Phi) is 7.38. The van der Waals surface area contributed by atoms with Crippen LogP contribution in [-0.4, -0.2) is 31.8 Å². The van der Waals surface area contributed by atoms with Gasteiger partial charge >= 0.3 is 12.1 Å². The Morgan fingerprint density at radius 3 is 2.32 bits per heavy atom. The second-order valence-electron chi connectivity index (χ2n) is 7.90. The van der Waals surface area contributed by atoms with Gasteiger partial charge in [0.25, 0.3) is 0 Å². The van der Waals surface area contributed by atoms with Crippen LogP contribution in [0.2, 0.25) is 0 Å². The molecule has 0 saturated heterocycles. The summed E-state index contributed by atoms with van der Waals surface area (Å²) >= 11 is 0. The van der Waals surface area contributed by atoms with Gasteiger partial charge in [-0.15, -0.1) is 0 Å². The number of hydrogen-bond donors (Lipinski definition) is 1. The van der Waals surface area contributed by atoms with E-state index in [0.29, 0.717) is 24.1 Å². The molecule has 0 heterocycles. The molecule has 0 radical (unpaired) electrons. The van der Waals surface area contributed by atoms with Gasteiger partial charge in [-0.1, -0.05) is 60.7 Å². The molecule has 0 spiro atoms. The van der Waals surface area contributed by atoms with Crippen LogP contribution in [-0.2, 0) is 9.47 Å². The molecule has 1 aliphatic carbocycles. The number of ether oxygens (including phenoxy) is 2. The number of fused-ring (bicyclic) bond motifs is 3. The fraction of sp³-hybridized carbons (Fsp3) is 0.214. The number of rotatable bonds is 8. The van der Waals surface area contributed by atoms with Gasteiger partial charge in [0.05, 0.1) is 12.2 Å². The molecule has 0 atom stereocenters. The van der Waals surface area contributed by atoms with E-state index in [-0.39, 0.29) is 19.1 Å². The van der Waals surface area contributed by atoms with Crippen molar-refractivity contribution in [1.29, 1.82) is 0 Å². The molecule has 4 rings (SSSR count). The molecule has 34 heavy (non-hydrogen) atoms. The topological polar surface area (TPSA) is 64.6 Å². The molecule has 1 amide bonds. The van der Waals surface area contributed by atoms with Crippen LogP contribution >= 0.6 is 0 Å². The van der Waals surface area contributed by atoms with E-state index in [2.05, 4.69) is 29.6 Å². The van der Waals surface area contributed by atoms with Gasteiger partial charge in [-0.25, -0.2) is 14.0 Å². The lowest BCUT2D eigenvalue weighted by atomic mass is 9.98. The highest BCUT2D eigenvalue weighted by atomic mass is 19.1. The summed E-state index contributed by atoms with van der Waals surface area (Å²) in [6, 6.07) is 20.3. The maximum atomic E-state index is 13.6. The van der Waals surface area contributed by atoms with Crippen LogP contribution < -0.4 is 5.32 Å². The Morgan fingerprint density at radius 1 is 0.971 bits per heavy atom. The number of carbonyl (C=O) groups is 2. The Hall–Kier alpha value is -3.93. The van der Waals surface area contributed by atoms with Crippen LogP contribution in [0.3, 0.4) is 0 Å². The lowest BCUT2D eigenvalue weighted by Gasteiger charge is -2.14. The number of hydrogen-bond acceptors (Lipinski definition) is 4. The third-order valence-electron chi connectivity index (χ3n) is 5.73. The predicted octanol–water partition coefficient (Wildman–Crippen LogP) is 5.94. The van der Waals surface area contributed by atoms with Crippen molar-refractivity contribution in [2.45, 2.75) is 19.3 Å². The molecule has 3 aromatic carbocycles. The molecule has 3 aromatic rings. The lowest BCUT2D eigenvalue weighted by Crippen LogP contribution is -2.26. The van der Waals surface area contributed by atoms with Gasteiger partial charge in [-0.05, 0) is 59.4 Å². The Labute approximate surface area is 198 Å². The molecule has 5 nitrogen and oxygen atoms in total. The summed E-state index contributed by atoms with van der Waals surface area (Å²) in [5.41, 5.74) is 5.40. The molecule has 1 N–H and O–H groups in total. The van der Waals surface area contributed by atoms with E-state index < -0.39 is 17.9 Å². The van der Waals surface area contributed by atoms with Crippen molar-refractivity contribution < 1.29 is 23.5 Å². The average molecular weight is 460 g/mol. The van der Waals surface area contributed by atoms with E-state index >= 15 is 0 Å². The third-order valence-corrected chi connectivity index (χ3v) is 5.73. The van der Waals surface area contributed by atoms with E-state index in [9.17, 15) is 14.0 Å². The number of esters is 1. The zero-order chi connectivity index (χ0) is 23.9. The first-order valence-corrected chi connectivity index (χ1v) is 11.3. The van der Waals surface area contributed by atoms with Gasteiger partial charge in [0.1, 0.15) is 12.4 Å². The molecule has 6 heteroatoms. The summed E-state index contributed by atoms with van der Waals surface area (Å²) in [7, 11) is 0. The van der Waals surface area contributed by atoms with Gasteiger partial charge in [0, 0.05) is 12.5 Å². The largest absolute Gasteiger partial charge is 0.462 e. The standard InChI is InChI=1S/C28H26FNO4/c1-2-33-27(31)21-15-14-20(29)17-19(21)9-7-8-16-30-28(32)34-18-26-24-12-5-3-10-22(24)23-11-4-6-13-25(23)26/h3-7,9-15,17,26H,2,8,16,18H2,1H3,(H,30,32). The monoisotopic (exact) mass is 459 g/mol. The third kappa shape index (κ3) is 5.17. The fourth-order valence-electron chi connectivity index (χ4n) is 4.18. The highest BCUT2D eigenvalue weighted by Gasteiger charge is 2.28. The first-order valence-electron chi connectivity index (χ1n) is 11.3. The molecule has 0 unspecified atom stereocenters. The van der Waals surface area contributed by atoms with E-state index in [4.69, 9.17) is 9.47 Å². The van der Waals surface area contributed by atoms with Gasteiger partial charge in [-0.2, -0.15) is 0 Å². The molecule has 0 aliphatic heterocycles. The number of amides is 1. The second kappa shape index (κ2) is 10.8. The molecule has 0 fully saturated rings. The van der Waals surface area contributed by atoms with Crippen molar-refractivity contribution in [1.82, 2.24) is 5.32 Å². The minimum atomic E-state index is -0.501. The number of alkyl carbamates (subject to hydrolysis) is 1. The summed E-state index contributed by atoms with van der Waals surface area (Å²) in [6.07, 6.45) is 3.41. The van der Waals surface area contributed by atoms with Crippen LogP contribution in [0.4, 0.5) is 9.18 Å². The molecular weight excluding hydrogens is 433 g/mol. The van der Waals surface area contributed by atoms with Crippen LogP contribution in [0.1, 0.15) is 46.3 Å². The Bertz CT molecular complexity index is 1180. The molecule has 0 aromatic heterocycles. The highest BCUT2D eigenvalue weighted by molar-refractivity contribution is 5.93. The SMILES string of the molecule is CCOC(=O)c1ccc(F)cc1C=CCCNC(=O)OCC1c2ccccc2-c2ccccc21. The first kappa shape index (κ1) is 23.2. The van der Waals surface area contributed by atoms with Crippen LogP contribution in [0.5, 0.6) is 0 Å². The summed E-state index contributed by atoms with van der Waals surface area (Å²) in [6.45, 7) is 2.55. The quantitative estimate of drug-likeness (QED) is 0.334. The first-order chi connectivity index (χ1) is 16.6. The molecule has 0 bridgehead atoms. The highest BCUT2D eigenvalue weighted by Crippen LogP contribution is 2.44. The van der Waals surface area contributed by atoms with Gasteiger partial charge in [0.2, 0.25) is 0 Å². The van der Waals surface area contributed by atoms with Gasteiger partial charge < -0.3 is 14.8 Å². The molecular formula is C28H26FNO4. The average Bonchev–Trinajstić information content (AvgIpc) is 3.16. The van der Waals surface area contributed by atoms with Crippen molar-refractivity contribution in [3.63, 3.8) is 0 Å². The summed E-state index contributed by atoms with van der Waals surface area (Å²) in [5.74, 6) is -0.935. The lowest BCUT2D eigenvalue weighted by molar-refractivity contribution is 0.0526. The summed E-state index contributed by atoms with van der Waals surface area (Å²) in [5, 5.41) is 2.73. The number of carbonyl (C=O) groups excluding carboxylic acids is 2. The maximum Gasteiger partial charge on any atom is 0.407 e. The minimum absolute atomic E-state index is 0.00678. The summed E-state index contributed by atoms with van der Waals surface area (Å²) < 4.78 is 24.1. The van der Waals surface area contributed by atoms with E-state index in [1.807, 2.05) is 24.3 Å². The molecule has 1 aliphatic rings. The van der Waals surface area contributed by atoms with Crippen molar-refractivity contribution in [3.05, 3.63) is 101 Å². The maximum absolute atomic E-state index is 13.6. The summed E-state index contributed by atoms with van der Waals surface area (Å²) in [4.78, 5) is 24.3.